The number of amides is 2. The Morgan fingerprint density at radius 1 is 1.32 bits per heavy atom. The van der Waals surface area contributed by atoms with Gasteiger partial charge in [0.2, 0.25) is 0 Å². The zero-order valence-electron chi connectivity index (χ0n) is 17.0. The van der Waals surface area contributed by atoms with Crippen molar-refractivity contribution >= 4 is 6.03 Å². The molecule has 0 aliphatic carbocycles. The minimum absolute atomic E-state index is 0.0402. The number of aryl methyl sites for hydroxylation is 2. The average Bonchev–Trinajstić information content (AvgIpc) is 3.04. The van der Waals surface area contributed by atoms with Gasteiger partial charge < -0.3 is 15.0 Å². The van der Waals surface area contributed by atoms with Crippen LogP contribution in [0.1, 0.15) is 23.1 Å². The highest BCUT2D eigenvalue weighted by molar-refractivity contribution is 5.73. The molecule has 3 rings (SSSR count). The zero-order valence-corrected chi connectivity index (χ0v) is 17.0. The SMILES string of the molecule is Cc1cc(C)n(CCN(C)C(=O)NC[C@@H](c2ccccn2)N2CCOCC2)n1. The monoisotopic (exact) mass is 386 g/mol. The molecular weight excluding hydrogens is 356 g/mol. The molecule has 1 fully saturated rings. The number of ether oxygens (including phenoxy) is 1. The number of pyridine rings is 1. The molecule has 1 saturated heterocycles. The number of carbonyl (C=O) groups is 1. The van der Waals surface area contributed by atoms with Crippen molar-refractivity contribution in [3.63, 3.8) is 0 Å². The second-order valence-corrected chi connectivity index (χ2v) is 7.18. The Morgan fingerprint density at radius 2 is 2.11 bits per heavy atom. The number of likely N-dealkylation sites (N-methyl/N-ethyl adjacent to an activating group) is 1. The Labute approximate surface area is 166 Å². The van der Waals surface area contributed by atoms with Crippen LogP contribution >= 0.6 is 0 Å². The zero-order chi connectivity index (χ0) is 19.9. The van der Waals surface area contributed by atoms with Gasteiger partial charge in [-0.05, 0) is 32.0 Å². The maximum Gasteiger partial charge on any atom is 0.317 e. The van der Waals surface area contributed by atoms with Gasteiger partial charge in [0.15, 0.2) is 0 Å². The molecule has 1 atom stereocenters. The highest BCUT2D eigenvalue weighted by atomic mass is 16.5. The first-order valence-electron chi connectivity index (χ1n) is 9.77. The highest BCUT2D eigenvalue weighted by Gasteiger charge is 2.24. The van der Waals surface area contributed by atoms with Crippen LogP contribution in [-0.4, -0.2) is 77.0 Å². The number of rotatable bonds is 7. The molecule has 2 aromatic rings. The summed E-state index contributed by atoms with van der Waals surface area (Å²) in [6.07, 6.45) is 1.80. The lowest BCUT2D eigenvalue weighted by atomic mass is 10.1. The number of morpholine rings is 1. The molecule has 3 heterocycles. The summed E-state index contributed by atoms with van der Waals surface area (Å²) in [7, 11) is 1.81. The first-order valence-corrected chi connectivity index (χ1v) is 9.77. The number of urea groups is 1. The number of nitrogens with one attached hydrogen (secondary N) is 1. The van der Waals surface area contributed by atoms with E-state index >= 15 is 0 Å². The molecule has 1 aliphatic rings. The number of carbonyl (C=O) groups excluding carboxylic acids is 1. The van der Waals surface area contributed by atoms with Crippen LogP contribution in [0.4, 0.5) is 4.79 Å². The van der Waals surface area contributed by atoms with Gasteiger partial charge in [0.1, 0.15) is 0 Å². The molecule has 0 aromatic carbocycles. The third kappa shape index (κ3) is 5.30. The second kappa shape index (κ2) is 9.66. The maximum absolute atomic E-state index is 12.6. The van der Waals surface area contributed by atoms with Crippen molar-refractivity contribution in [2.24, 2.45) is 0 Å². The lowest BCUT2D eigenvalue weighted by molar-refractivity contribution is 0.0156. The van der Waals surface area contributed by atoms with Crippen molar-refractivity contribution in [3.05, 3.63) is 47.5 Å². The lowest BCUT2D eigenvalue weighted by Gasteiger charge is -2.34. The topological polar surface area (TPSA) is 75.5 Å². The third-order valence-corrected chi connectivity index (χ3v) is 5.06. The van der Waals surface area contributed by atoms with E-state index in [1.54, 1.807) is 11.1 Å². The van der Waals surface area contributed by atoms with Gasteiger partial charge in [-0.15, -0.1) is 0 Å². The van der Waals surface area contributed by atoms with Gasteiger partial charge in [-0.3, -0.25) is 14.6 Å². The van der Waals surface area contributed by atoms with Crippen LogP contribution in [0.15, 0.2) is 30.5 Å². The largest absolute Gasteiger partial charge is 0.379 e. The summed E-state index contributed by atoms with van der Waals surface area (Å²) in [5.41, 5.74) is 3.07. The third-order valence-electron chi connectivity index (χ3n) is 5.06. The van der Waals surface area contributed by atoms with Gasteiger partial charge in [0.05, 0.1) is 37.2 Å². The van der Waals surface area contributed by atoms with E-state index in [1.165, 1.54) is 0 Å². The number of hydrogen-bond acceptors (Lipinski definition) is 5. The molecule has 0 radical (unpaired) electrons. The standard InChI is InChI=1S/C20H30N6O2/c1-16-14-17(2)26(23-16)9-8-24(3)20(27)22-15-19(18-6-4-5-7-21-18)25-10-12-28-13-11-25/h4-7,14,19H,8-13,15H2,1-3H3,(H,22,27)/t19-/m0/s1. The van der Waals surface area contributed by atoms with Gasteiger partial charge in [-0.1, -0.05) is 6.07 Å². The van der Waals surface area contributed by atoms with Gasteiger partial charge in [-0.25, -0.2) is 4.79 Å². The molecule has 0 saturated carbocycles. The minimum atomic E-state index is -0.0873. The van der Waals surface area contributed by atoms with E-state index in [4.69, 9.17) is 4.74 Å². The minimum Gasteiger partial charge on any atom is -0.379 e. The van der Waals surface area contributed by atoms with Crippen molar-refractivity contribution in [2.75, 3.05) is 46.4 Å². The molecule has 28 heavy (non-hydrogen) atoms. The summed E-state index contributed by atoms with van der Waals surface area (Å²) in [6.45, 7) is 8.88. The van der Waals surface area contributed by atoms with Crippen LogP contribution in [0.3, 0.4) is 0 Å². The predicted molar refractivity (Wildman–Crippen MR) is 107 cm³/mol. The molecule has 152 valence electrons. The summed E-state index contributed by atoms with van der Waals surface area (Å²) >= 11 is 0. The van der Waals surface area contributed by atoms with E-state index in [0.29, 0.717) is 32.8 Å². The molecular formula is C20H30N6O2. The van der Waals surface area contributed by atoms with E-state index in [0.717, 1.165) is 30.2 Å². The van der Waals surface area contributed by atoms with Crippen molar-refractivity contribution in [1.82, 2.24) is 29.9 Å². The van der Waals surface area contributed by atoms with Crippen molar-refractivity contribution in [2.45, 2.75) is 26.4 Å². The maximum atomic E-state index is 12.6. The number of nitrogens with zero attached hydrogens (tertiary/aromatic N) is 5. The average molecular weight is 387 g/mol. The Morgan fingerprint density at radius 3 is 2.75 bits per heavy atom. The molecule has 2 amide bonds. The predicted octanol–water partition coefficient (Wildman–Crippen LogP) is 1.61. The molecule has 1 N–H and O–H groups in total. The molecule has 2 aromatic heterocycles. The van der Waals surface area contributed by atoms with Crippen molar-refractivity contribution in [1.29, 1.82) is 0 Å². The van der Waals surface area contributed by atoms with Gasteiger partial charge in [-0.2, -0.15) is 5.10 Å². The van der Waals surface area contributed by atoms with Crippen LogP contribution < -0.4 is 5.32 Å². The van der Waals surface area contributed by atoms with Crippen LogP contribution in [0.25, 0.3) is 0 Å². The molecule has 0 unspecified atom stereocenters. The van der Waals surface area contributed by atoms with Gasteiger partial charge >= 0.3 is 6.03 Å². The fourth-order valence-electron chi connectivity index (χ4n) is 3.45. The fraction of sp³-hybridized carbons (Fsp3) is 0.550. The summed E-state index contributed by atoms with van der Waals surface area (Å²) in [4.78, 5) is 21.1. The Kier molecular flexibility index (Phi) is 7.00. The Bertz CT molecular complexity index is 757. The van der Waals surface area contributed by atoms with Crippen molar-refractivity contribution in [3.8, 4) is 0 Å². The summed E-state index contributed by atoms with van der Waals surface area (Å²) in [5, 5.41) is 7.52. The molecule has 8 nitrogen and oxygen atoms in total. The first-order chi connectivity index (χ1) is 13.5. The number of hydrogen-bond donors (Lipinski definition) is 1. The highest BCUT2D eigenvalue weighted by Crippen LogP contribution is 2.19. The summed E-state index contributed by atoms with van der Waals surface area (Å²) < 4.78 is 7.40. The quantitative estimate of drug-likeness (QED) is 0.782. The molecule has 1 aliphatic heterocycles. The molecule has 0 spiro atoms. The van der Waals surface area contributed by atoms with E-state index in [9.17, 15) is 4.79 Å². The lowest BCUT2D eigenvalue weighted by Crippen LogP contribution is -2.46. The smallest absolute Gasteiger partial charge is 0.317 e. The summed E-state index contributed by atoms with van der Waals surface area (Å²) in [6, 6.07) is 7.90. The Hall–Kier alpha value is -2.45. The normalized spacial score (nSPS) is 16.0. The van der Waals surface area contributed by atoms with Crippen LogP contribution in [0.5, 0.6) is 0 Å². The van der Waals surface area contributed by atoms with E-state index in [1.807, 2.05) is 49.8 Å². The molecule has 8 heteroatoms. The second-order valence-electron chi connectivity index (χ2n) is 7.18. The Balaban J connectivity index is 1.55. The van der Waals surface area contributed by atoms with Crippen LogP contribution in [0.2, 0.25) is 0 Å². The van der Waals surface area contributed by atoms with Crippen LogP contribution in [0, 0.1) is 13.8 Å². The van der Waals surface area contributed by atoms with Gasteiger partial charge in [0, 0.05) is 45.1 Å². The van der Waals surface area contributed by atoms with E-state index in [2.05, 4.69) is 20.3 Å². The van der Waals surface area contributed by atoms with E-state index in [-0.39, 0.29) is 12.1 Å². The van der Waals surface area contributed by atoms with Gasteiger partial charge in [0.25, 0.3) is 0 Å². The first kappa shape index (κ1) is 20.3. The van der Waals surface area contributed by atoms with E-state index < -0.39 is 0 Å². The summed E-state index contributed by atoms with van der Waals surface area (Å²) in [5.74, 6) is 0. The van der Waals surface area contributed by atoms with Crippen molar-refractivity contribution < 1.29 is 9.53 Å². The van der Waals surface area contributed by atoms with Crippen LogP contribution in [-0.2, 0) is 11.3 Å². The fourth-order valence-corrected chi connectivity index (χ4v) is 3.45. The molecule has 0 bridgehead atoms. The number of aromatic nitrogens is 3.